The smallest absolute Gasteiger partial charge is 0.237 e. The quantitative estimate of drug-likeness (QED) is 0.836. The molecule has 0 radical (unpaired) electrons. The lowest BCUT2D eigenvalue weighted by molar-refractivity contribution is -0.121. The van der Waals surface area contributed by atoms with Gasteiger partial charge in [-0.05, 0) is 17.7 Å². The third-order valence-electron chi connectivity index (χ3n) is 2.33. The number of nitrogens with two attached hydrogens (primary N) is 1. The summed E-state index contributed by atoms with van der Waals surface area (Å²) in [4.78, 5) is 23.4. The van der Waals surface area contributed by atoms with Crippen molar-refractivity contribution in [1.82, 2.24) is 0 Å². The molecule has 1 aliphatic heterocycles. The number of anilines is 1. The molecule has 0 saturated heterocycles. The summed E-state index contributed by atoms with van der Waals surface area (Å²) in [6.45, 7) is -0.315. The third-order valence-corrected chi connectivity index (χ3v) is 2.55. The van der Waals surface area contributed by atoms with E-state index in [2.05, 4.69) is 0 Å². The average molecular weight is 243 g/mol. The molecule has 16 heavy (non-hydrogen) atoms. The third kappa shape index (κ3) is 1.74. The maximum absolute atomic E-state index is 13.6. The Labute approximate surface area is 95.8 Å². The highest BCUT2D eigenvalue weighted by molar-refractivity contribution is 6.31. The first-order valence-corrected chi connectivity index (χ1v) is 4.93. The number of amides is 2. The average Bonchev–Trinajstić information content (AvgIpc) is 2.41. The minimum atomic E-state index is -0.685. The van der Waals surface area contributed by atoms with Crippen LogP contribution in [-0.2, 0) is 16.0 Å². The van der Waals surface area contributed by atoms with Crippen molar-refractivity contribution in [3.05, 3.63) is 28.5 Å². The van der Waals surface area contributed by atoms with Crippen molar-refractivity contribution >= 4 is 29.1 Å². The number of benzene rings is 1. The van der Waals surface area contributed by atoms with Gasteiger partial charge < -0.3 is 5.73 Å². The fourth-order valence-electron chi connectivity index (χ4n) is 1.76. The van der Waals surface area contributed by atoms with E-state index < -0.39 is 11.7 Å². The Bertz CT molecular complexity index is 490. The highest BCUT2D eigenvalue weighted by Gasteiger charge is 2.31. The number of rotatable bonds is 2. The van der Waals surface area contributed by atoms with Crippen LogP contribution < -0.4 is 10.6 Å². The summed E-state index contributed by atoms with van der Waals surface area (Å²) in [5.74, 6) is -1.65. The fourth-order valence-corrected chi connectivity index (χ4v) is 1.99. The lowest BCUT2D eigenvalue weighted by Crippen LogP contribution is -2.36. The first-order chi connectivity index (χ1) is 7.49. The molecule has 84 valence electrons. The molecule has 0 atom stereocenters. The normalized spacial score (nSPS) is 14.1. The maximum atomic E-state index is 13.6. The Kier molecular flexibility index (Phi) is 2.55. The molecule has 0 unspecified atom stereocenters. The molecular weight excluding hydrogens is 235 g/mol. The predicted octanol–water partition coefficient (Wildman–Crippen LogP) is 0.854. The molecule has 1 aromatic carbocycles. The second-order valence-electron chi connectivity index (χ2n) is 3.52. The monoisotopic (exact) mass is 242 g/mol. The minimum Gasteiger partial charge on any atom is -0.368 e. The molecule has 2 N–H and O–H groups in total. The van der Waals surface area contributed by atoms with Gasteiger partial charge in [0.15, 0.2) is 0 Å². The number of hydrogen-bond donors (Lipinski definition) is 1. The number of halogens is 2. The molecule has 4 nitrogen and oxygen atoms in total. The molecule has 2 amide bonds. The topological polar surface area (TPSA) is 63.4 Å². The Morgan fingerprint density at radius 2 is 2.25 bits per heavy atom. The summed E-state index contributed by atoms with van der Waals surface area (Å²) < 4.78 is 13.6. The van der Waals surface area contributed by atoms with Crippen LogP contribution in [0.2, 0.25) is 5.02 Å². The van der Waals surface area contributed by atoms with Crippen LogP contribution in [0.4, 0.5) is 10.1 Å². The van der Waals surface area contributed by atoms with E-state index in [0.29, 0.717) is 5.56 Å². The van der Waals surface area contributed by atoms with Crippen LogP contribution in [0.3, 0.4) is 0 Å². The van der Waals surface area contributed by atoms with Crippen LogP contribution in [0.5, 0.6) is 0 Å². The van der Waals surface area contributed by atoms with E-state index in [4.69, 9.17) is 17.3 Å². The van der Waals surface area contributed by atoms with Gasteiger partial charge in [-0.1, -0.05) is 11.6 Å². The van der Waals surface area contributed by atoms with Crippen LogP contribution in [0.15, 0.2) is 12.1 Å². The van der Waals surface area contributed by atoms with E-state index in [0.717, 1.165) is 11.0 Å². The van der Waals surface area contributed by atoms with Crippen molar-refractivity contribution < 1.29 is 14.0 Å². The van der Waals surface area contributed by atoms with Crippen LogP contribution in [-0.4, -0.2) is 18.4 Å². The van der Waals surface area contributed by atoms with Crippen LogP contribution in [0.25, 0.3) is 0 Å². The van der Waals surface area contributed by atoms with Gasteiger partial charge in [-0.15, -0.1) is 0 Å². The zero-order chi connectivity index (χ0) is 11.9. The number of nitrogens with zero attached hydrogens (tertiary/aromatic N) is 1. The molecule has 0 aromatic heterocycles. The molecule has 0 spiro atoms. The van der Waals surface area contributed by atoms with Crippen molar-refractivity contribution in [1.29, 1.82) is 0 Å². The second-order valence-corrected chi connectivity index (χ2v) is 3.95. The molecule has 0 bridgehead atoms. The zero-order valence-corrected chi connectivity index (χ0v) is 8.92. The first-order valence-electron chi connectivity index (χ1n) is 4.55. The molecule has 2 rings (SSSR count). The lowest BCUT2D eigenvalue weighted by atomic mass is 10.1. The van der Waals surface area contributed by atoms with E-state index in [1.807, 2.05) is 0 Å². The highest BCUT2D eigenvalue weighted by atomic mass is 35.5. The molecule has 0 aliphatic carbocycles. The Balaban J connectivity index is 2.48. The summed E-state index contributed by atoms with van der Waals surface area (Å²) in [6, 6.07) is 2.62. The van der Waals surface area contributed by atoms with E-state index in [-0.39, 0.29) is 29.6 Å². The maximum Gasteiger partial charge on any atom is 0.237 e. The van der Waals surface area contributed by atoms with Gasteiger partial charge in [-0.25, -0.2) is 4.39 Å². The molecule has 1 aliphatic rings. The van der Waals surface area contributed by atoms with Crippen molar-refractivity contribution in [2.24, 2.45) is 5.73 Å². The van der Waals surface area contributed by atoms with E-state index >= 15 is 0 Å². The fraction of sp³-hybridized carbons (Fsp3) is 0.200. The van der Waals surface area contributed by atoms with Crippen molar-refractivity contribution in [2.45, 2.75) is 6.42 Å². The van der Waals surface area contributed by atoms with Gasteiger partial charge in [0.1, 0.15) is 12.4 Å². The summed E-state index contributed by atoms with van der Waals surface area (Å²) in [6.07, 6.45) is 0.0418. The number of primary amides is 1. The van der Waals surface area contributed by atoms with Crippen molar-refractivity contribution in [3.63, 3.8) is 0 Å². The molecular formula is C10H8ClFN2O2. The van der Waals surface area contributed by atoms with Gasteiger partial charge in [-0.2, -0.15) is 0 Å². The summed E-state index contributed by atoms with van der Waals surface area (Å²) in [5, 5.41) is 0.227. The van der Waals surface area contributed by atoms with Crippen LogP contribution in [0, 0.1) is 5.82 Å². The number of hydrogen-bond acceptors (Lipinski definition) is 2. The molecule has 0 saturated carbocycles. The zero-order valence-electron chi connectivity index (χ0n) is 8.17. The Hall–Kier alpha value is -1.62. The summed E-state index contributed by atoms with van der Waals surface area (Å²) in [5.41, 5.74) is 5.58. The molecule has 1 aromatic rings. The number of carbonyl (C=O) groups is 2. The van der Waals surface area contributed by atoms with E-state index in [1.54, 1.807) is 0 Å². The Morgan fingerprint density at radius 3 is 2.88 bits per heavy atom. The minimum absolute atomic E-state index is 0.0418. The number of fused-ring (bicyclic) bond motifs is 1. The van der Waals surface area contributed by atoms with Gasteiger partial charge >= 0.3 is 0 Å². The van der Waals surface area contributed by atoms with Crippen molar-refractivity contribution in [3.8, 4) is 0 Å². The first kappa shape index (κ1) is 10.9. The van der Waals surface area contributed by atoms with Crippen molar-refractivity contribution in [2.75, 3.05) is 11.4 Å². The SMILES string of the molecule is NC(=O)CN1C(=O)Cc2cc(Cl)cc(F)c21. The number of carbonyl (C=O) groups excluding carboxylic acids is 2. The van der Waals surface area contributed by atoms with Gasteiger partial charge in [0.2, 0.25) is 11.8 Å². The van der Waals surface area contributed by atoms with Gasteiger partial charge in [0, 0.05) is 5.02 Å². The lowest BCUT2D eigenvalue weighted by Gasteiger charge is -2.15. The van der Waals surface area contributed by atoms with Gasteiger partial charge in [0.05, 0.1) is 12.1 Å². The van der Waals surface area contributed by atoms with Gasteiger partial charge in [0.25, 0.3) is 0 Å². The van der Waals surface area contributed by atoms with E-state index in [1.165, 1.54) is 6.07 Å². The van der Waals surface area contributed by atoms with Crippen LogP contribution >= 0.6 is 11.6 Å². The molecule has 0 fully saturated rings. The standard InChI is InChI=1S/C10H8ClFN2O2/c11-6-1-5-2-9(16)14(4-8(13)15)10(5)7(12)3-6/h1,3H,2,4H2,(H2,13,15). The molecule has 1 heterocycles. The van der Waals surface area contributed by atoms with E-state index in [9.17, 15) is 14.0 Å². The molecule has 6 heteroatoms. The van der Waals surface area contributed by atoms with Crippen LogP contribution in [0.1, 0.15) is 5.56 Å². The largest absolute Gasteiger partial charge is 0.368 e. The second kappa shape index (κ2) is 3.75. The van der Waals surface area contributed by atoms with Gasteiger partial charge in [-0.3, -0.25) is 14.5 Å². The summed E-state index contributed by atoms with van der Waals surface area (Å²) >= 11 is 5.67. The summed E-state index contributed by atoms with van der Waals surface area (Å²) in [7, 11) is 0. The predicted molar refractivity (Wildman–Crippen MR) is 56.7 cm³/mol. The Morgan fingerprint density at radius 1 is 1.56 bits per heavy atom. The highest BCUT2D eigenvalue weighted by Crippen LogP contribution is 2.33.